The van der Waals surface area contributed by atoms with Crippen LogP contribution in [0.2, 0.25) is 0 Å². The number of carbonyl (C=O) groups excluding carboxylic acids is 1. The summed E-state index contributed by atoms with van der Waals surface area (Å²) in [4.78, 5) is 14.2. The Bertz CT molecular complexity index is 689. The van der Waals surface area contributed by atoms with Gasteiger partial charge in [0.2, 0.25) is 6.29 Å². The van der Waals surface area contributed by atoms with Crippen LogP contribution in [0.1, 0.15) is 56.2 Å². The van der Waals surface area contributed by atoms with Crippen LogP contribution in [0.25, 0.3) is 0 Å². The number of amides is 1. The second-order valence-electron chi connectivity index (χ2n) is 8.30. The van der Waals surface area contributed by atoms with Gasteiger partial charge in [-0.1, -0.05) is 12.5 Å². The molecule has 2 heterocycles. The average Bonchev–Trinajstić information content (AvgIpc) is 3.45. The molecule has 6 atom stereocenters. The zero-order valence-corrected chi connectivity index (χ0v) is 17.3. The summed E-state index contributed by atoms with van der Waals surface area (Å²) in [5.41, 5.74) is 0. The van der Waals surface area contributed by atoms with Crippen molar-refractivity contribution >= 4 is 17.2 Å². The summed E-state index contributed by atoms with van der Waals surface area (Å²) in [5.74, 6) is 1.85. The van der Waals surface area contributed by atoms with Crippen LogP contribution in [0.5, 0.6) is 0 Å². The van der Waals surface area contributed by atoms with E-state index in [1.807, 2.05) is 19.1 Å². The maximum atomic E-state index is 13.0. The Morgan fingerprint density at radius 3 is 2.93 bits per heavy atom. The Hall–Kier alpha value is -1.37. The molecule has 0 radical (unpaired) electrons. The molecule has 1 aromatic rings. The van der Waals surface area contributed by atoms with Crippen LogP contribution in [-0.2, 0) is 14.3 Å². The van der Waals surface area contributed by atoms with E-state index in [0.717, 1.165) is 18.8 Å². The summed E-state index contributed by atoms with van der Waals surface area (Å²) in [6, 6.07) is 4.43. The van der Waals surface area contributed by atoms with Crippen LogP contribution >= 0.6 is 11.3 Å². The Labute approximate surface area is 171 Å². The van der Waals surface area contributed by atoms with Crippen molar-refractivity contribution < 1.29 is 19.4 Å². The van der Waals surface area contributed by atoms with Crippen molar-refractivity contribution in [1.82, 2.24) is 5.32 Å². The summed E-state index contributed by atoms with van der Waals surface area (Å²) < 4.78 is 12.0. The fraction of sp³-hybridized carbons (Fsp3) is 0.682. The highest BCUT2D eigenvalue weighted by molar-refractivity contribution is 7.10. The highest BCUT2D eigenvalue weighted by Crippen LogP contribution is 2.45. The predicted octanol–water partition coefficient (Wildman–Crippen LogP) is 3.80. The Morgan fingerprint density at radius 2 is 2.29 bits per heavy atom. The maximum Gasteiger partial charge on any atom is 0.286 e. The highest BCUT2D eigenvalue weighted by atomic mass is 32.1. The standard InChI is InChI=1S/C22H31NO4S/c1-2-26-22-16(5-3-9-24)17(20-6-4-10-28-20)13-19(27-22)21(25)23-18-12-14-7-8-15(18)11-14/h4,6,10,13-18,22,24H,2-3,5,7-9,11-12H2,1H3,(H,23,25)/t14?,15?,16-,17+,18?,22-/m1/s1. The second-order valence-corrected chi connectivity index (χ2v) is 9.28. The first-order valence-electron chi connectivity index (χ1n) is 10.6. The number of nitrogens with one attached hydrogen (secondary N) is 1. The molecule has 2 bridgehead atoms. The smallest absolute Gasteiger partial charge is 0.286 e. The van der Waals surface area contributed by atoms with Gasteiger partial charge in [0.1, 0.15) is 0 Å². The molecule has 1 aromatic heterocycles. The first kappa shape index (κ1) is 19.9. The second kappa shape index (κ2) is 8.97. The number of ether oxygens (including phenoxy) is 2. The van der Waals surface area contributed by atoms with Crippen LogP contribution in [0.4, 0.5) is 0 Å². The van der Waals surface area contributed by atoms with Crippen molar-refractivity contribution in [1.29, 1.82) is 0 Å². The minimum Gasteiger partial charge on any atom is -0.459 e. The summed E-state index contributed by atoms with van der Waals surface area (Å²) in [6.07, 6.45) is 7.91. The lowest BCUT2D eigenvalue weighted by molar-refractivity contribution is -0.166. The van der Waals surface area contributed by atoms with Crippen molar-refractivity contribution in [2.24, 2.45) is 17.8 Å². The van der Waals surface area contributed by atoms with E-state index in [1.165, 1.54) is 24.1 Å². The van der Waals surface area contributed by atoms with Crippen molar-refractivity contribution in [3.63, 3.8) is 0 Å². The maximum absolute atomic E-state index is 13.0. The monoisotopic (exact) mass is 405 g/mol. The van der Waals surface area contributed by atoms with Gasteiger partial charge in [0.25, 0.3) is 5.91 Å². The zero-order valence-electron chi connectivity index (χ0n) is 16.5. The van der Waals surface area contributed by atoms with Crippen molar-refractivity contribution in [3.8, 4) is 0 Å². The van der Waals surface area contributed by atoms with E-state index in [9.17, 15) is 9.90 Å². The normalized spacial score (nSPS) is 34.1. The van der Waals surface area contributed by atoms with Gasteiger partial charge < -0.3 is 19.9 Å². The van der Waals surface area contributed by atoms with Gasteiger partial charge in [-0.15, -0.1) is 11.3 Å². The third-order valence-electron chi connectivity index (χ3n) is 6.56. The number of carbonyl (C=O) groups is 1. The van der Waals surface area contributed by atoms with E-state index in [1.54, 1.807) is 11.3 Å². The van der Waals surface area contributed by atoms with Gasteiger partial charge in [-0.05, 0) is 68.4 Å². The minimum atomic E-state index is -0.463. The van der Waals surface area contributed by atoms with Crippen LogP contribution in [0.3, 0.4) is 0 Å². The summed E-state index contributed by atoms with van der Waals surface area (Å²) in [6.45, 7) is 2.62. The SMILES string of the molecule is CCO[C@@H]1OC(C(=O)NC2CC3CCC2C3)=C[C@H](c2cccs2)[C@H]1CCCO. The van der Waals surface area contributed by atoms with E-state index < -0.39 is 6.29 Å². The van der Waals surface area contributed by atoms with E-state index in [0.29, 0.717) is 24.7 Å². The molecule has 2 fully saturated rings. The number of rotatable bonds is 8. The van der Waals surface area contributed by atoms with Crippen molar-refractivity contribution in [2.75, 3.05) is 13.2 Å². The van der Waals surface area contributed by atoms with Gasteiger partial charge >= 0.3 is 0 Å². The molecule has 0 spiro atoms. The van der Waals surface area contributed by atoms with Gasteiger partial charge in [-0.3, -0.25) is 4.79 Å². The summed E-state index contributed by atoms with van der Waals surface area (Å²) >= 11 is 1.69. The zero-order chi connectivity index (χ0) is 19.5. The molecule has 2 N–H and O–H groups in total. The van der Waals surface area contributed by atoms with Gasteiger partial charge in [-0.2, -0.15) is 0 Å². The summed E-state index contributed by atoms with van der Waals surface area (Å²) in [5, 5.41) is 14.6. The van der Waals surface area contributed by atoms with Crippen molar-refractivity contribution in [2.45, 2.75) is 63.7 Å². The highest BCUT2D eigenvalue weighted by Gasteiger charge is 2.42. The molecule has 28 heavy (non-hydrogen) atoms. The third kappa shape index (κ3) is 4.14. The first-order chi connectivity index (χ1) is 13.7. The number of fused-ring (bicyclic) bond motifs is 2. The van der Waals surface area contributed by atoms with Gasteiger partial charge in [0.15, 0.2) is 5.76 Å². The molecule has 1 aliphatic heterocycles. The molecule has 6 heteroatoms. The van der Waals surface area contributed by atoms with Crippen LogP contribution < -0.4 is 5.32 Å². The van der Waals surface area contributed by atoms with E-state index in [2.05, 4.69) is 16.8 Å². The van der Waals surface area contributed by atoms with Crippen molar-refractivity contribution in [3.05, 3.63) is 34.2 Å². The molecule has 0 aromatic carbocycles. The Morgan fingerprint density at radius 1 is 1.39 bits per heavy atom. The number of hydrogen-bond acceptors (Lipinski definition) is 5. The number of aliphatic hydroxyl groups excluding tert-OH is 1. The van der Waals surface area contributed by atoms with Gasteiger partial charge in [-0.25, -0.2) is 0 Å². The third-order valence-corrected chi connectivity index (χ3v) is 7.54. The molecular weight excluding hydrogens is 374 g/mol. The predicted molar refractivity (Wildman–Crippen MR) is 109 cm³/mol. The fourth-order valence-corrected chi connectivity index (χ4v) is 6.11. The Kier molecular flexibility index (Phi) is 6.38. The lowest BCUT2D eigenvalue weighted by atomic mass is 9.84. The molecule has 0 saturated heterocycles. The number of hydrogen-bond donors (Lipinski definition) is 2. The van der Waals surface area contributed by atoms with Gasteiger partial charge in [0, 0.05) is 36.0 Å². The number of allylic oxidation sites excluding steroid dienone is 1. The van der Waals surface area contributed by atoms with Gasteiger partial charge in [0.05, 0.1) is 0 Å². The quantitative estimate of drug-likeness (QED) is 0.690. The molecule has 4 rings (SSSR count). The van der Waals surface area contributed by atoms with Crippen LogP contribution in [0, 0.1) is 17.8 Å². The average molecular weight is 406 g/mol. The molecule has 2 saturated carbocycles. The topological polar surface area (TPSA) is 67.8 Å². The molecule has 3 unspecified atom stereocenters. The molecule has 154 valence electrons. The molecule has 1 amide bonds. The largest absolute Gasteiger partial charge is 0.459 e. The minimum absolute atomic E-state index is 0.0672. The molecular formula is C22H31NO4S. The van der Waals surface area contributed by atoms with Crippen LogP contribution in [0.15, 0.2) is 29.3 Å². The molecule has 5 nitrogen and oxygen atoms in total. The molecule has 2 aliphatic carbocycles. The Balaban J connectivity index is 1.54. The van der Waals surface area contributed by atoms with E-state index in [4.69, 9.17) is 9.47 Å². The number of thiophene rings is 1. The lowest BCUT2D eigenvalue weighted by Crippen LogP contribution is -2.43. The lowest BCUT2D eigenvalue weighted by Gasteiger charge is -2.37. The van der Waals surface area contributed by atoms with E-state index >= 15 is 0 Å². The van der Waals surface area contributed by atoms with E-state index in [-0.39, 0.29) is 30.4 Å². The summed E-state index contributed by atoms with van der Waals surface area (Å²) in [7, 11) is 0. The number of aliphatic hydroxyl groups is 1. The first-order valence-corrected chi connectivity index (χ1v) is 11.5. The molecule has 3 aliphatic rings. The fourth-order valence-electron chi connectivity index (χ4n) is 5.24. The van der Waals surface area contributed by atoms with Crippen LogP contribution in [-0.4, -0.2) is 36.6 Å².